The molecule has 0 radical (unpaired) electrons. The average Bonchev–Trinajstić information content (AvgIpc) is 2.44. The zero-order valence-electron chi connectivity index (χ0n) is 10.6. The number of hydrogen-bond donors (Lipinski definition) is 0. The first-order valence-corrected chi connectivity index (χ1v) is 5.93. The van der Waals surface area contributed by atoms with E-state index in [1.54, 1.807) is 6.07 Å². The fourth-order valence-corrected chi connectivity index (χ4v) is 2.37. The number of carbonyl (C=O) groups is 2. The van der Waals surface area contributed by atoms with Gasteiger partial charge in [-0.2, -0.15) is 0 Å². The number of rotatable bonds is 2. The highest BCUT2D eigenvalue weighted by atomic mass is 16.5. The Balaban J connectivity index is 2.20. The Hall–Kier alpha value is -1.84. The summed E-state index contributed by atoms with van der Waals surface area (Å²) in [6.07, 6.45) is 2.24. The highest BCUT2D eigenvalue weighted by Gasteiger charge is 2.25. The molecule has 0 heterocycles. The standard InChI is InChI=1S/C14H16O4/c1-17-13(15)11-5-3-10-8-12(14(16)18-2)6-4-9(10)7-11/h3,5,7,12H,4,6,8H2,1-2H3/t12-/m1/s1. The van der Waals surface area contributed by atoms with Crippen LogP contribution in [0.2, 0.25) is 0 Å². The molecule has 0 spiro atoms. The maximum atomic E-state index is 11.5. The molecule has 0 saturated carbocycles. The van der Waals surface area contributed by atoms with Crippen LogP contribution in [-0.4, -0.2) is 26.2 Å². The van der Waals surface area contributed by atoms with Crippen LogP contribution in [0, 0.1) is 5.92 Å². The molecule has 0 amide bonds. The molecule has 0 fully saturated rings. The molecule has 1 aromatic carbocycles. The van der Waals surface area contributed by atoms with Crippen molar-refractivity contribution in [1.82, 2.24) is 0 Å². The molecule has 1 aliphatic carbocycles. The molecule has 96 valence electrons. The minimum Gasteiger partial charge on any atom is -0.469 e. The summed E-state index contributed by atoms with van der Waals surface area (Å²) in [5, 5.41) is 0. The molecular weight excluding hydrogens is 232 g/mol. The van der Waals surface area contributed by atoms with E-state index in [9.17, 15) is 9.59 Å². The normalized spacial score (nSPS) is 17.8. The Morgan fingerprint density at radius 1 is 1.17 bits per heavy atom. The van der Waals surface area contributed by atoms with Crippen LogP contribution >= 0.6 is 0 Å². The molecule has 1 atom stereocenters. The summed E-state index contributed by atoms with van der Waals surface area (Å²) < 4.78 is 9.46. The van der Waals surface area contributed by atoms with Crippen molar-refractivity contribution in [3.63, 3.8) is 0 Å². The molecule has 0 N–H and O–H groups in total. The van der Waals surface area contributed by atoms with Gasteiger partial charge in [-0.15, -0.1) is 0 Å². The Labute approximate surface area is 106 Å². The first-order chi connectivity index (χ1) is 8.65. The monoisotopic (exact) mass is 248 g/mol. The van der Waals surface area contributed by atoms with E-state index in [0.717, 1.165) is 24.0 Å². The van der Waals surface area contributed by atoms with E-state index in [4.69, 9.17) is 9.47 Å². The van der Waals surface area contributed by atoms with E-state index in [-0.39, 0.29) is 17.9 Å². The molecule has 18 heavy (non-hydrogen) atoms. The zero-order chi connectivity index (χ0) is 13.1. The van der Waals surface area contributed by atoms with Crippen molar-refractivity contribution in [1.29, 1.82) is 0 Å². The fraction of sp³-hybridized carbons (Fsp3) is 0.429. The lowest BCUT2D eigenvalue weighted by atomic mass is 9.83. The van der Waals surface area contributed by atoms with Crippen LogP contribution in [0.4, 0.5) is 0 Å². The van der Waals surface area contributed by atoms with Crippen molar-refractivity contribution in [3.8, 4) is 0 Å². The van der Waals surface area contributed by atoms with Crippen molar-refractivity contribution in [3.05, 3.63) is 34.9 Å². The van der Waals surface area contributed by atoms with Crippen molar-refractivity contribution in [2.75, 3.05) is 14.2 Å². The number of methoxy groups -OCH3 is 2. The van der Waals surface area contributed by atoms with Crippen molar-refractivity contribution in [2.45, 2.75) is 19.3 Å². The number of carbonyl (C=O) groups excluding carboxylic acids is 2. The molecule has 2 rings (SSSR count). The minimum absolute atomic E-state index is 0.0634. The van der Waals surface area contributed by atoms with Crippen LogP contribution in [-0.2, 0) is 27.1 Å². The molecule has 0 unspecified atom stereocenters. The van der Waals surface area contributed by atoms with E-state index < -0.39 is 0 Å². The van der Waals surface area contributed by atoms with Crippen LogP contribution in [0.15, 0.2) is 18.2 Å². The SMILES string of the molecule is COC(=O)c1ccc2c(c1)CC[C@@H](C(=O)OC)C2. The van der Waals surface area contributed by atoms with E-state index in [0.29, 0.717) is 12.0 Å². The molecule has 0 aromatic heterocycles. The lowest BCUT2D eigenvalue weighted by molar-refractivity contribution is -0.145. The summed E-state index contributed by atoms with van der Waals surface area (Å²) in [7, 11) is 2.78. The van der Waals surface area contributed by atoms with E-state index in [1.807, 2.05) is 12.1 Å². The predicted octanol–water partition coefficient (Wildman–Crippen LogP) is 1.75. The Morgan fingerprint density at radius 3 is 2.61 bits per heavy atom. The molecule has 0 aliphatic heterocycles. The van der Waals surface area contributed by atoms with Crippen LogP contribution in [0.5, 0.6) is 0 Å². The smallest absolute Gasteiger partial charge is 0.337 e. The third-order valence-corrected chi connectivity index (χ3v) is 3.39. The minimum atomic E-state index is -0.326. The summed E-state index contributed by atoms with van der Waals surface area (Å²) in [6, 6.07) is 5.50. The highest BCUT2D eigenvalue weighted by molar-refractivity contribution is 5.89. The molecule has 0 bridgehead atoms. The number of esters is 2. The highest BCUT2D eigenvalue weighted by Crippen LogP contribution is 2.27. The van der Waals surface area contributed by atoms with E-state index in [2.05, 4.69) is 0 Å². The van der Waals surface area contributed by atoms with Gasteiger partial charge in [-0.3, -0.25) is 4.79 Å². The molecule has 4 nitrogen and oxygen atoms in total. The summed E-state index contributed by atoms with van der Waals surface area (Å²) >= 11 is 0. The molecule has 0 saturated heterocycles. The van der Waals surface area contributed by atoms with Gasteiger partial charge in [0.2, 0.25) is 0 Å². The van der Waals surface area contributed by atoms with Gasteiger partial charge in [-0.1, -0.05) is 6.07 Å². The molecular formula is C14H16O4. The van der Waals surface area contributed by atoms with E-state index >= 15 is 0 Å². The van der Waals surface area contributed by atoms with Crippen LogP contribution in [0.25, 0.3) is 0 Å². The van der Waals surface area contributed by atoms with Gasteiger partial charge in [0.25, 0.3) is 0 Å². The number of fused-ring (bicyclic) bond motifs is 1. The van der Waals surface area contributed by atoms with Gasteiger partial charge in [-0.25, -0.2) is 4.79 Å². The third kappa shape index (κ3) is 2.37. The van der Waals surface area contributed by atoms with E-state index in [1.165, 1.54) is 14.2 Å². The Morgan fingerprint density at radius 2 is 1.94 bits per heavy atom. The molecule has 4 heteroatoms. The maximum absolute atomic E-state index is 11.5. The van der Waals surface area contributed by atoms with Crippen molar-refractivity contribution in [2.24, 2.45) is 5.92 Å². The van der Waals surface area contributed by atoms with Crippen LogP contribution in [0.1, 0.15) is 27.9 Å². The number of hydrogen-bond acceptors (Lipinski definition) is 4. The second-order valence-corrected chi connectivity index (χ2v) is 4.44. The lowest BCUT2D eigenvalue weighted by Gasteiger charge is -2.22. The van der Waals surface area contributed by atoms with Crippen LogP contribution in [0.3, 0.4) is 0 Å². The van der Waals surface area contributed by atoms with Gasteiger partial charge in [0.05, 0.1) is 25.7 Å². The largest absolute Gasteiger partial charge is 0.469 e. The average molecular weight is 248 g/mol. The third-order valence-electron chi connectivity index (χ3n) is 3.39. The summed E-state index contributed by atoms with van der Waals surface area (Å²) in [4.78, 5) is 22.9. The maximum Gasteiger partial charge on any atom is 0.337 e. The van der Waals surface area contributed by atoms with Gasteiger partial charge < -0.3 is 9.47 Å². The molecule has 1 aliphatic rings. The lowest BCUT2D eigenvalue weighted by Crippen LogP contribution is -2.24. The summed E-state index contributed by atoms with van der Waals surface area (Å²) in [6.45, 7) is 0. The summed E-state index contributed by atoms with van der Waals surface area (Å²) in [5.41, 5.74) is 2.80. The van der Waals surface area contributed by atoms with Gasteiger partial charge >= 0.3 is 11.9 Å². The zero-order valence-corrected chi connectivity index (χ0v) is 10.6. The Kier molecular flexibility index (Phi) is 3.65. The topological polar surface area (TPSA) is 52.6 Å². The van der Waals surface area contributed by atoms with Crippen molar-refractivity contribution >= 4 is 11.9 Å². The van der Waals surface area contributed by atoms with Gasteiger partial charge in [0, 0.05) is 0 Å². The quantitative estimate of drug-likeness (QED) is 0.748. The first kappa shape index (κ1) is 12.6. The van der Waals surface area contributed by atoms with Crippen molar-refractivity contribution < 1.29 is 19.1 Å². The van der Waals surface area contributed by atoms with Gasteiger partial charge in [0.1, 0.15) is 0 Å². The number of aryl methyl sites for hydroxylation is 1. The van der Waals surface area contributed by atoms with Gasteiger partial charge in [-0.05, 0) is 42.5 Å². The fourth-order valence-electron chi connectivity index (χ4n) is 2.37. The number of benzene rings is 1. The number of ether oxygens (including phenoxy) is 2. The van der Waals surface area contributed by atoms with Gasteiger partial charge in [0.15, 0.2) is 0 Å². The Bertz CT molecular complexity index is 479. The molecule has 1 aromatic rings. The first-order valence-electron chi connectivity index (χ1n) is 5.93. The predicted molar refractivity (Wildman–Crippen MR) is 65.3 cm³/mol. The second-order valence-electron chi connectivity index (χ2n) is 4.44. The summed E-state index contributed by atoms with van der Waals surface area (Å²) in [5.74, 6) is -0.544. The van der Waals surface area contributed by atoms with Crippen LogP contribution < -0.4 is 0 Å². The second kappa shape index (κ2) is 5.21.